The van der Waals surface area contributed by atoms with Gasteiger partial charge in [-0.15, -0.1) is 22.7 Å². The predicted molar refractivity (Wildman–Crippen MR) is 158 cm³/mol. The van der Waals surface area contributed by atoms with Crippen molar-refractivity contribution in [3.8, 4) is 32.0 Å². The van der Waals surface area contributed by atoms with E-state index in [1.54, 1.807) is 22.7 Å². The number of hydrogen-bond acceptors (Lipinski definition) is 3. The molecule has 0 spiro atoms. The second-order valence-corrected chi connectivity index (χ2v) is 11.9. The third-order valence-corrected chi connectivity index (χ3v) is 9.45. The lowest BCUT2D eigenvalue weighted by molar-refractivity contribution is 0.104. The molecule has 1 aliphatic rings. The van der Waals surface area contributed by atoms with Crippen LogP contribution in [0.5, 0.6) is 0 Å². The van der Waals surface area contributed by atoms with Crippen molar-refractivity contribution in [2.24, 2.45) is 0 Å². The van der Waals surface area contributed by atoms with Crippen LogP contribution in [0.2, 0.25) is 0 Å². The summed E-state index contributed by atoms with van der Waals surface area (Å²) in [4.78, 5) is 16.2. The number of thiophene rings is 2. The lowest BCUT2D eigenvalue weighted by atomic mass is 9.98. The molecule has 5 rings (SSSR count). The van der Waals surface area contributed by atoms with Crippen LogP contribution in [0.1, 0.15) is 92.3 Å². The minimum absolute atomic E-state index is 0.172. The second-order valence-electron chi connectivity index (χ2n) is 10.0. The quantitative estimate of drug-likeness (QED) is 0.152. The molecule has 0 saturated carbocycles. The molecule has 1 nitrogen and oxygen atoms in total. The number of rotatable bonds is 12. The van der Waals surface area contributed by atoms with E-state index in [-0.39, 0.29) is 5.78 Å². The van der Waals surface area contributed by atoms with Crippen LogP contribution in [-0.4, -0.2) is 5.78 Å². The van der Waals surface area contributed by atoms with Gasteiger partial charge in [-0.3, -0.25) is 4.79 Å². The van der Waals surface area contributed by atoms with Gasteiger partial charge < -0.3 is 0 Å². The largest absolute Gasteiger partial charge is 0.289 e. The minimum atomic E-state index is 0.172. The lowest BCUT2D eigenvalue weighted by Gasteiger charge is -2.07. The van der Waals surface area contributed by atoms with E-state index >= 15 is 0 Å². The highest BCUT2D eigenvalue weighted by molar-refractivity contribution is 7.14. The van der Waals surface area contributed by atoms with Gasteiger partial charge in [-0.05, 0) is 94.1 Å². The molecule has 2 aromatic heterocycles. The van der Waals surface area contributed by atoms with E-state index in [1.807, 2.05) is 0 Å². The van der Waals surface area contributed by atoms with Crippen molar-refractivity contribution in [2.75, 3.05) is 0 Å². The fraction of sp³-hybridized carbons (Fsp3) is 0.364. The zero-order chi connectivity index (χ0) is 24.9. The molecule has 0 N–H and O–H groups in total. The van der Waals surface area contributed by atoms with E-state index in [9.17, 15) is 4.79 Å². The number of ketones is 1. The van der Waals surface area contributed by atoms with Crippen LogP contribution in [0.25, 0.3) is 32.0 Å². The summed E-state index contributed by atoms with van der Waals surface area (Å²) in [5.74, 6) is 0.172. The first-order valence-electron chi connectivity index (χ1n) is 13.7. The normalized spacial score (nSPS) is 12.2. The van der Waals surface area contributed by atoms with Crippen LogP contribution in [-0.2, 0) is 12.8 Å². The topological polar surface area (TPSA) is 17.1 Å². The summed E-state index contributed by atoms with van der Waals surface area (Å²) in [7, 11) is 0. The molecule has 2 heterocycles. The fourth-order valence-corrected chi connectivity index (χ4v) is 7.32. The SMILES string of the molecule is CCCCCCc1ccsc1-c1ccc2c(c1)C(=O)c1cc(-c3sccc3CCCCCC)ccc1-2. The van der Waals surface area contributed by atoms with E-state index in [4.69, 9.17) is 0 Å². The Labute approximate surface area is 224 Å². The van der Waals surface area contributed by atoms with Crippen molar-refractivity contribution in [3.63, 3.8) is 0 Å². The molecule has 186 valence electrons. The molecule has 0 saturated heterocycles. The third-order valence-electron chi connectivity index (χ3n) is 7.44. The predicted octanol–water partition coefficient (Wildman–Crippen LogP) is 10.6. The molecule has 36 heavy (non-hydrogen) atoms. The smallest absolute Gasteiger partial charge is 0.194 e. The fourth-order valence-electron chi connectivity index (χ4n) is 5.42. The van der Waals surface area contributed by atoms with Gasteiger partial charge in [-0.25, -0.2) is 0 Å². The number of hydrogen-bond donors (Lipinski definition) is 0. The number of fused-ring (bicyclic) bond motifs is 3. The Morgan fingerprint density at radius 1 is 0.556 bits per heavy atom. The maximum absolute atomic E-state index is 13.6. The summed E-state index contributed by atoms with van der Waals surface area (Å²) < 4.78 is 0. The summed E-state index contributed by atoms with van der Waals surface area (Å²) in [6.45, 7) is 4.51. The van der Waals surface area contributed by atoms with E-state index in [0.717, 1.165) is 35.1 Å². The van der Waals surface area contributed by atoms with Crippen LogP contribution in [0, 0.1) is 0 Å². The molecular weight excluding hydrogens is 476 g/mol. The number of benzene rings is 2. The summed E-state index contributed by atoms with van der Waals surface area (Å²) in [6.07, 6.45) is 12.4. The maximum atomic E-state index is 13.6. The minimum Gasteiger partial charge on any atom is -0.289 e. The molecule has 0 amide bonds. The average Bonchev–Trinajstić information content (AvgIpc) is 3.63. The average molecular weight is 513 g/mol. The zero-order valence-corrected chi connectivity index (χ0v) is 23.2. The molecule has 1 aliphatic carbocycles. The van der Waals surface area contributed by atoms with Gasteiger partial charge in [0.15, 0.2) is 5.78 Å². The summed E-state index contributed by atoms with van der Waals surface area (Å²) in [5.41, 5.74) is 9.09. The molecule has 4 aromatic rings. The van der Waals surface area contributed by atoms with Crippen molar-refractivity contribution in [1.82, 2.24) is 0 Å². The van der Waals surface area contributed by atoms with Crippen molar-refractivity contribution >= 4 is 28.5 Å². The molecular formula is C33H36OS2. The van der Waals surface area contributed by atoms with Gasteiger partial charge >= 0.3 is 0 Å². The monoisotopic (exact) mass is 512 g/mol. The summed E-state index contributed by atoms with van der Waals surface area (Å²) >= 11 is 3.60. The number of carbonyl (C=O) groups excluding carboxylic acids is 1. The van der Waals surface area contributed by atoms with Crippen molar-refractivity contribution in [3.05, 3.63) is 81.5 Å². The first-order chi connectivity index (χ1) is 17.7. The van der Waals surface area contributed by atoms with Gasteiger partial charge in [0.05, 0.1) is 0 Å². The molecule has 0 unspecified atom stereocenters. The molecule has 0 fully saturated rings. The summed E-state index contributed by atoms with van der Waals surface area (Å²) in [5, 5.41) is 4.39. The molecule has 3 heteroatoms. The molecule has 2 aromatic carbocycles. The number of unbranched alkanes of at least 4 members (excludes halogenated alkanes) is 6. The van der Waals surface area contributed by atoms with Crippen molar-refractivity contribution in [2.45, 2.75) is 78.1 Å². The van der Waals surface area contributed by atoms with Crippen LogP contribution in [0.3, 0.4) is 0 Å². The highest BCUT2D eigenvalue weighted by atomic mass is 32.1. The maximum Gasteiger partial charge on any atom is 0.194 e. The zero-order valence-electron chi connectivity index (χ0n) is 21.6. The Kier molecular flexibility index (Phi) is 8.19. The van der Waals surface area contributed by atoms with Gasteiger partial charge in [-0.2, -0.15) is 0 Å². The van der Waals surface area contributed by atoms with Crippen LogP contribution < -0.4 is 0 Å². The Hall–Kier alpha value is -2.49. The van der Waals surface area contributed by atoms with Crippen LogP contribution >= 0.6 is 22.7 Å². The van der Waals surface area contributed by atoms with Gasteiger partial charge in [0.1, 0.15) is 0 Å². The van der Waals surface area contributed by atoms with E-state index < -0.39 is 0 Å². The Morgan fingerprint density at radius 2 is 1.03 bits per heavy atom. The van der Waals surface area contributed by atoms with Crippen LogP contribution in [0.4, 0.5) is 0 Å². The first kappa shape index (κ1) is 25.2. The number of carbonyl (C=O) groups is 1. The van der Waals surface area contributed by atoms with E-state index in [0.29, 0.717) is 0 Å². The van der Waals surface area contributed by atoms with Crippen molar-refractivity contribution in [1.29, 1.82) is 0 Å². The number of aryl methyl sites for hydroxylation is 2. The van der Waals surface area contributed by atoms with Gasteiger partial charge in [-0.1, -0.05) is 76.6 Å². The first-order valence-corrected chi connectivity index (χ1v) is 15.4. The molecule has 0 radical (unpaired) electrons. The Morgan fingerprint density at radius 3 is 1.47 bits per heavy atom. The molecule has 0 atom stereocenters. The van der Waals surface area contributed by atoms with Gasteiger partial charge in [0.2, 0.25) is 0 Å². The lowest BCUT2D eigenvalue weighted by Crippen LogP contribution is -1.96. The summed E-state index contributed by atoms with van der Waals surface area (Å²) in [6, 6.07) is 17.6. The Balaban J connectivity index is 1.38. The highest BCUT2D eigenvalue weighted by Gasteiger charge is 2.28. The van der Waals surface area contributed by atoms with E-state index in [1.165, 1.54) is 83.4 Å². The molecule has 0 bridgehead atoms. The highest BCUT2D eigenvalue weighted by Crippen LogP contribution is 2.42. The third kappa shape index (κ3) is 5.14. The standard InChI is InChI=1S/C33H36OS2/c1-3-5-7-9-11-23-17-19-35-32(23)25-13-15-27-28-16-14-26(22-30(28)31(34)29(27)21-25)33-24(18-20-36-33)12-10-8-6-4-2/h13-22H,3-12H2,1-2H3. The van der Waals surface area contributed by atoms with Crippen LogP contribution in [0.15, 0.2) is 59.3 Å². The van der Waals surface area contributed by atoms with Crippen molar-refractivity contribution < 1.29 is 4.79 Å². The van der Waals surface area contributed by atoms with E-state index in [2.05, 4.69) is 73.1 Å². The molecule has 0 aliphatic heterocycles. The second kappa shape index (κ2) is 11.7. The Bertz CT molecular complexity index is 1240. The van der Waals surface area contributed by atoms with Gasteiger partial charge in [0.25, 0.3) is 0 Å². The van der Waals surface area contributed by atoms with Gasteiger partial charge in [0, 0.05) is 20.9 Å².